The van der Waals surface area contributed by atoms with E-state index in [0.29, 0.717) is 12.5 Å². The van der Waals surface area contributed by atoms with Gasteiger partial charge in [0.15, 0.2) is 0 Å². The molecule has 19 heavy (non-hydrogen) atoms. The highest BCUT2D eigenvalue weighted by molar-refractivity contribution is 7.09. The molecule has 0 saturated carbocycles. The average molecular weight is 279 g/mol. The summed E-state index contributed by atoms with van der Waals surface area (Å²) in [6.45, 7) is 10.2. The number of nitrogens with one attached hydrogen (secondary N) is 1. The molecule has 0 unspecified atom stereocenters. The quantitative estimate of drug-likeness (QED) is 0.882. The largest absolute Gasteiger partial charge is 0.299 e. The van der Waals surface area contributed by atoms with Crippen molar-refractivity contribution >= 4 is 11.3 Å². The lowest BCUT2D eigenvalue weighted by molar-refractivity contribution is 0.378. The average Bonchev–Trinajstić information content (AvgIpc) is 2.96. The zero-order valence-corrected chi connectivity index (χ0v) is 12.7. The number of hydrogen-bond acceptors (Lipinski definition) is 5. The van der Waals surface area contributed by atoms with Crippen LogP contribution in [0.15, 0.2) is 17.9 Å². The molecular formula is C13H21N5S. The first-order valence-corrected chi connectivity index (χ1v) is 7.38. The van der Waals surface area contributed by atoms with Gasteiger partial charge in [-0.3, -0.25) is 5.32 Å². The molecule has 104 valence electrons. The Kier molecular flexibility index (Phi) is 4.31. The van der Waals surface area contributed by atoms with Gasteiger partial charge < -0.3 is 0 Å². The lowest BCUT2D eigenvalue weighted by Gasteiger charge is -2.23. The lowest BCUT2D eigenvalue weighted by atomic mass is 10.1. The van der Waals surface area contributed by atoms with Crippen LogP contribution < -0.4 is 5.32 Å². The number of nitrogens with zero attached hydrogens (tertiary/aromatic N) is 4. The molecule has 2 aromatic heterocycles. The highest BCUT2D eigenvalue weighted by atomic mass is 32.1. The molecule has 2 rings (SSSR count). The Morgan fingerprint density at radius 3 is 2.79 bits per heavy atom. The van der Waals surface area contributed by atoms with E-state index in [2.05, 4.69) is 48.1 Å². The predicted molar refractivity (Wildman–Crippen MR) is 76.8 cm³/mol. The molecule has 0 bridgehead atoms. The highest BCUT2D eigenvalue weighted by Crippen LogP contribution is 2.22. The molecule has 0 atom stereocenters. The van der Waals surface area contributed by atoms with Crippen LogP contribution in [0.5, 0.6) is 0 Å². The van der Waals surface area contributed by atoms with Crippen molar-refractivity contribution in [3.05, 3.63) is 28.7 Å². The summed E-state index contributed by atoms with van der Waals surface area (Å²) < 4.78 is 1.97. The van der Waals surface area contributed by atoms with Gasteiger partial charge in [-0.25, -0.2) is 14.6 Å². The van der Waals surface area contributed by atoms with E-state index in [1.54, 1.807) is 17.7 Å². The van der Waals surface area contributed by atoms with Crippen LogP contribution in [-0.4, -0.2) is 19.7 Å². The first-order valence-electron chi connectivity index (χ1n) is 6.50. The fraction of sp³-hybridized carbons (Fsp3) is 0.615. The predicted octanol–water partition coefficient (Wildman–Crippen LogP) is 2.42. The molecule has 0 aliphatic carbocycles. The molecule has 0 amide bonds. The van der Waals surface area contributed by atoms with E-state index >= 15 is 0 Å². The zero-order valence-electron chi connectivity index (χ0n) is 11.9. The molecule has 0 saturated heterocycles. The molecule has 5 nitrogen and oxygen atoms in total. The Morgan fingerprint density at radius 1 is 1.37 bits per heavy atom. The van der Waals surface area contributed by atoms with E-state index in [0.717, 1.165) is 17.4 Å². The van der Waals surface area contributed by atoms with Crippen molar-refractivity contribution in [2.24, 2.45) is 5.92 Å². The SMILES string of the molecule is CC(C)Cn1ncnc1CNC(C)(C)c1nccs1. The molecule has 2 aromatic rings. The van der Waals surface area contributed by atoms with Crippen molar-refractivity contribution < 1.29 is 0 Å². The van der Waals surface area contributed by atoms with Gasteiger partial charge >= 0.3 is 0 Å². The second-order valence-electron chi connectivity index (χ2n) is 5.57. The summed E-state index contributed by atoms with van der Waals surface area (Å²) in [6.07, 6.45) is 3.46. The van der Waals surface area contributed by atoms with Crippen LogP contribution in [0, 0.1) is 5.92 Å². The molecule has 0 aliphatic heterocycles. The minimum Gasteiger partial charge on any atom is -0.299 e. The molecule has 0 fully saturated rings. The normalized spacial score (nSPS) is 12.3. The molecular weight excluding hydrogens is 258 g/mol. The van der Waals surface area contributed by atoms with Crippen molar-refractivity contribution in [3.63, 3.8) is 0 Å². The summed E-state index contributed by atoms with van der Waals surface area (Å²) >= 11 is 1.67. The monoisotopic (exact) mass is 279 g/mol. The van der Waals surface area contributed by atoms with Crippen molar-refractivity contribution in [3.8, 4) is 0 Å². The Labute approximate surface area is 118 Å². The summed E-state index contributed by atoms with van der Waals surface area (Å²) in [4.78, 5) is 8.70. The fourth-order valence-corrected chi connectivity index (χ4v) is 2.57. The molecule has 6 heteroatoms. The van der Waals surface area contributed by atoms with Gasteiger partial charge in [-0.15, -0.1) is 11.3 Å². The lowest BCUT2D eigenvalue weighted by Crippen LogP contribution is -2.36. The number of rotatable bonds is 6. The minimum atomic E-state index is -0.150. The molecule has 1 N–H and O–H groups in total. The zero-order chi connectivity index (χ0) is 13.9. The minimum absolute atomic E-state index is 0.150. The summed E-state index contributed by atoms with van der Waals surface area (Å²) in [7, 11) is 0. The number of hydrogen-bond donors (Lipinski definition) is 1. The first kappa shape index (κ1) is 14.1. The fourth-order valence-electron chi connectivity index (χ4n) is 1.83. The highest BCUT2D eigenvalue weighted by Gasteiger charge is 2.23. The van der Waals surface area contributed by atoms with Gasteiger partial charge in [-0.2, -0.15) is 5.10 Å². The van der Waals surface area contributed by atoms with E-state index in [1.807, 2.05) is 16.3 Å². The molecule has 0 aliphatic rings. The van der Waals surface area contributed by atoms with E-state index < -0.39 is 0 Å². The van der Waals surface area contributed by atoms with E-state index in [9.17, 15) is 0 Å². The maximum absolute atomic E-state index is 4.37. The van der Waals surface area contributed by atoms with Gasteiger partial charge in [0, 0.05) is 18.1 Å². The molecule has 0 radical (unpaired) electrons. The third-order valence-electron chi connectivity index (χ3n) is 2.89. The third kappa shape index (κ3) is 3.61. The van der Waals surface area contributed by atoms with Crippen LogP contribution in [0.3, 0.4) is 0 Å². The van der Waals surface area contributed by atoms with Crippen LogP contribution in [-0.2, 0) is 18.6 Å². The maximum atomic E-state index is 4.37. The number of thiazole rings is 1. The topological polar surface area (TPSA) is 55.6 Å². The molecule has 0 aromatic carbocycles. The summed E-state index contributed by atoms with van der Waals surface area (Å²) in [5.74, 6) is 1.53. The Balaban J connectivity index is 2.01. The summed E-state index contributed by atoms with van der Waals surface area (Å²) in [5.41, 5.74) is -0.150. The summed E-state index contributed by atoms with van der Waals surface area (Å²) in [5, 5.41) is 10.9. The van der Waals surface area contributed by atoms with Crippen LogP contribution in [0.4, 0.5) is 0 Å². The van der Waals surface area contributed by atoms with Crippen molar-refractivity contribution in [1.29, 1.82) is 0 Å². The van der Waals surface area contributed by atoms with E-state index in [4.69, 9.17) is 0 Å². The Morgan fingerprint density at radius 2 is 2.16 bits per heavy atom. The van der Waals surface area contributed by atoms with Gasteiger partial charge in [0.25, 0.3) is 0 Å². The van der Waals surface area contributed by atoms with Gasteiger partial charge in [0.2, 0.25) is 0 Å². The van der Waals surface area contributed by atoms with Gasteiger partial charge in [0.05, 0.1) is 12.1 Å². The van der Waals surface area contributed by atoms with Crippen LogP contribution in [0.1, 0.15) is 38.5 Å². The Hall–Kier alpha value is -1.27. The second-order valence-corrected chi connectivity index (χ2v) is 6.46. The van der Waals surface area contributed by atoms with Crippen molar-refractivity contribution in [2.45, 2.75) is 46.3 Å². The maximum Gasteiger partial charge on any atom is 0.140 e. The van der Waals surface area contributed by atoms with Crippen LogP contribution in [0.2, 0.25) is 0 Å². The standard InChI is InChI=1S/C13H21N5S/c1-10(2)8-18-11(15-9-17-18)7-16-13(3,4)12-14-5-6-19-12/h5-6,9-10,16H,7-8H2,1-4H3. The third-order valence-corrected chi connectivity index (χ3v) is 3.99. The van der Waals surface area contributed by atoms with Gasteiger partial charge in [-0.05, 0) is 19.8 Å². The van der Waals surface area contributed by atoms with Gasteiger partial charge in [-0.1, -0.05) is 13.8 Å². The van der Waals surface area contributed by atoms with Crippen LogP contribution in [0.25, 0.3) is 0 Å². The number of aromatic nitrogens is 4. The first-order chi connectivity index (χ1) is 8.99. The smallest absolute Gasteiger partial charge is 0.140 e. The van der Waals surface area contributed by atoms with E-state index in [1.165, 1.54) is 0 Å². The van der Waals surface area contributed by atoms with E-state index in [-0.39, 0.29) is 5.54 Å². The van der Waals surface area contributed by atoms with Gasteiger partial charge in [0.1, 0.15) is 17.2 Å². The molecule has 0 spiro atoms. The summed E-state index contributed by atoms with van der Waals surface area (Å²) in [6, 6.07) is 0. The van der Waals surface area contributed by atoms with Crippen molar-refractivity contribution in [1.82, 2.24) is 25.1 Å². The van der Waals surface area contributed by atoms with Crippen LogP contribution >= 0.6 is 11.3 Å². The molecule has 2 heterocycles. The second kappa shape index (κ2) is 5.79. The van der Waals surface area contributed by atoms with Crippen molar-refractivity contribution in [2.75, 3.05) is 0 Å². The Bertz CT molecular complexity index is 501.